The predicted molar refractivity (Wildman–Crippen MR) is 251 cm³/mol. The van der Waals surface area contributed by atoms with E-state index in [1.54, 1.807) is 30.3 Å². The first-order valence-electron chi connectivity index (χ1n) is 22.9. The number of hydrogen-bond acceptors (Lipinski definition) is 9. The molecule has 344 valence electrons. The number of unbranched alkanes of at least 4 members (excludes halogenated alkanes) is 20. The van der Waals surface area contributed by atoms with Crippen molar-refractivity contribution in [1.82, 2.24) is 0 Å². The average molecular weight is 935 g/mol. The summed E-state index contributed by atoms with van der Waals surface area (Å²) in [5.41, 5.74) is 0.911. The Morgan fingerprint density at radius 1 is 0.476 bits per heavy atom. The molecular weight excluding hydrogens is 865 g/mol. The van der Waals surface area contributed by atoms with Crippen LogP contribution in [0.5, 0.6) is 34.5 Å². The van der Waals surface area contributed by atoms with E-state index in [9.17, 15) is 36.2 Å². The zero-order chi connectivity index (χ0) is 45.1. The molecule has 0 aromatic heterocycles. The molecule has 0 atom stereocenters. The van der Waals surface area contributed by atoms with Gasteiger partial charge in [-0.2, -0.15) is 8.42 Å². The van der Waals surface area contributed by atoms with Gasteiger partial charge in [-0.25, -0.2) is 8.42 Å². The molecule has 0 saturated carbocycles. The van der Waals surface area contributed by atoms with E-state index in [4.69, 9.17) is 9.47 Å². The van der Waals surface area contributed by atoms with Crippen LogP contribution in [0, 0.1) is 0 Å². The Kier molecular flexibility index (Phi) is 28.5. The summed E-state index contributed by atoms with van der Waals surface area (Å²) in [4.78, 5) is -0.326. The number of rotatable bonds is 30. The molecule has 0 aliphatic heterocycles. The van der Waals surface area contributed by atoms with Crippen LogP contribution in [0.1, 0.15) is 166 Å². The van der Waals surface area contributed by atoms with Crippen molar-refractivity contribution >= 4 is 58.0 Å². The topological polar surface area (TPSA) is 173 Å². The first-order chi connectivity index (χ1) is 29.8. The van der Waals surface area contributed by atoms with Gasteiger partial charge in [-0.05, 0) is 86.3 Å². The summed E-state index contributed by atoms with van der Waals surface area (Å²) in [7, 11) is -8.94. The minimum Gasteiger partial charge on any atom is -0.872 e. The summed E-state index contributed by atoms with van der Waals surface area (Å²) in [6.45, 7) is 4.46. The van der Waals surface area contributed by atoms with Crippen molar-refractivity contribution in [3.8, 4) is 34.5 Å². The molecule has 2 N–H and O–H groups in total. The number of aromatic hydroxyl groups is 1. The van der Waals surface area contributed by atoms with Gasteiger partial charge in [0.2, 0.25) is 0 Å². The average Bonchev–Trinajstić information content (AvgIpc) is 3.23. The summed E-state index contributed by atoms with van der Waals surface area (Å²) in [5.74, 6) is 1.67. The molecule has 0 heterocycles. The van der Waals surface area contributed by atoms with E-state index in [1.807, 2.05) is 0 Å². The molecule has 13 heteroatoms. The fourth-order valence-electron chi connectivity index (χ4n) is 7.46. The van der Waals surface area contributed by atoms with Gasteiger partial charge in [-0.3, -0.25) is 4.55 Å². The second-order valence-electron chi connectivity index (χ2n) is 16.1. The van der Waals surface area contributed by atoms with Crippen molar-refractivity contribution in [2.45, 2.75) is 178 Å². The second kappa shape index (κ2) is 31.9. The van der Waals surface area contributed by atoms with Crippen LogP contribution in [0.3, 0.4) is 0 Å². The van der Waals surface area contributed by atoms with Crippen LogP contribution < -0.4 is 14.6 Å². The van der Waals surface area contributed by atoms with E-state index in [0.29, 0.717) is 47.0 Å². The van der Waals surface area contributed by atoms with Crippen LogP contribution in [-0.4, -0.2) is 68.8 Å². The third kappa shape index (κ3) is 23.3. The van der Waals surface area contributed by atoms with E-state index < -0.39 is 20.2 Å². The summed E-state index contributed by atoms with van der Waals surface area (Å²) in [5, 5.41) is 20.7. The molecule has 4 aromatic carbocycles. The van der Waals surface area contributed by atoms with E-state index in [-0.39, 0.29) is 59.0 Å². The first kappa shape index (κ1) is 56.3. The van der Waals surface area contributed by atoms with Gasteiger partial charge in [0.15, 0.2) is 0 Å². The van der Waals surface area contributed by atoms with Crippen LogP contribution in [0.15, 0.2) is 94.7 Å². The number of ether oxygens (including phenoxy) is 2. The minimum absolute atomic E-state index is 0. The maximum Gasteiger partial charge on any atom is 2.00 e. The SMILES string of the molecule is CCCCCCCCCCCCCc1c(Oc2ccc(O)cc2)cccc1S(=O)(=O)O.CCCCCCCCCCCCCc1c(Oc2ccc([O-])cc2)cccc1S(=O)(=O)[O-].[Ca+2]. The van der Waals surface area contributed by atoms with Crippen molar-refractivity contribution < 1.29 is 45.6 Å². The number of hydrogen-bond donors (Lipinski definition) is 2. The monoisotopic (exact) mass is 934 g/mol. The summed E-state index contributed by atoms with van der Waals surface area (Å²) >= 11 is 0. The molecule has 63 heavy (non-hydrogen) atoms. The van der Waals surface area contributed by atoms with Gasteiger partial charge in [-0.1, -0.05) is 167 Å². The van der Waals surface area contributed by atoms with E-state index in [2.05, 4.69) is 13.8 Å². The Morgan fingerprint density at radius 2 is 0.810 bits per heavy atom. The van der Waals surface area contributed by atoms with Crippen molar-refractivity contribution in [3.05, 3.63) is 96.1 Å². The molecule has 4 aromatic rings. The standard InChI is InChI=1S/2C25H36O5S.Ca/c2*1-2-3-4-5-6-7-8-9-10-11-12-14-23-24(15-13-16-25(23)31(27,28)29)30-22-19-17-21(26)18-20-22;/h2*13,15-20,26H,2-12,14H2,1H3,(H,27,28,29);/q;;+2/p-2. The minimum atomic E-state index is -4.60. The van der Waals surface area contributed by atoms with Gasteiger partial charge in [0.1, 0.15) is 43.8 Å². The zero-order valence-corrected chi connectivity index (χ0v) is 41.6. The van der Waals surface area contributed by atoms with Crippen molar-refractivity contribution in [2.24, 2.45) is 0 Å². The number of phenols is 1. The first-order valence-corrected chi connectivity index (χ1v) is 25.8. The molecule has 0 bridgehead atoms. The Labute approximate surface area is 408 Å². The fourth-order valence-corrected chi connectivity index (χ4v) is 8.97. The Balaban J connectivity index is 0.000000427. The third-order valence-corrected chi connectivity index (χ3v) is 12.8. The maximum atomic E-state index is 11.9. The molecule has 10 nitrogen and oxygen atoms in total. The summed E-state index contributed by atoms with van der Waals surface area (Å²) < 4.78 is 80.3. The molecule has 0 saturated heterocycles. The number of phenolic OH excluding ortho intramolecular Hbond substituents is 1. The quantitative estimate of drug-likeness (QED) is 0.0291. The van der Waals surface area contributed by atoms with Gasteiger partial charge >= 0.3 is 37.7 Å². The van der Waals surface area contributed by atoms with Crippen molar-refractivity contribution in [2.75, 3.05) is 0 Å². The van der Waals surface area contributed by atoms with Crippen molar-refractivity contribution in [1.29, 1.82) is 0 Å². The van der Waals surface area contributed by atoms with Crippen LogP contribution in [0.25, 0.3) is 0 Å². The Hall–Kier alpha value is -2.84. The molecular formula is C50H70CaO10S2. The van der Waals surface area contributed by atoms with Crippen LogP contribution in [0.2, 0.25) is 0 Å². The van der Waals surface area contributed by atoms with Gasteiger partial charge < -0.3 is 24.2 Å². The van der Waals surface area contributed by atoms with Gasteiger partial charge in [0, 0.05) is 11.1 Å². The van der Waals surface area contributed by atoms with Crippen LogP contribution in [-0.2, 0) is 33.1 Å². The zero-order valence-electron chi connectivity index (χ0n) is 37.7. The van der Waals surface area contributed by atoms with Gasteiger partial charge in [0.05, 0.1) is 4.90 Å². The molecule has 0 fully saturated rings. The molecule has 0 amide bonds. The molecule has 4 rings (SSSR count). The number of benzene rings is 4. The van der Waals surface area contributed by atoms with Crippen LogP contribution in [0.4, 0.5) is 0 Å². The summed E-state index contributed by atoms with van der Waals surface area (Å²) in [6, 6.07) is 21.2. The normalized spacial score (nSPS) is 11.4. The largest absolute Gasteiger partial charge is 2.00 e. The molecule has 0 radical (unpaired) electrons. The Bertz CT molecular complexity index is 1910. The molecule has 0 aliphatic rings. The van der Waals surface area contributed by atoms with E-state index in [1.165, 1.54) is 157 Å². The third-order valence-electron chi connectivity index (χ3n) is 10.9. The maximum absolute atomic E-state index is 11.9. The smallest absolute Gasteiger partial charge is 0.872 e. The Morgan fingerprint density at radius 3 is 1.17 bits per heavy atom. The van der Waals surface area contributed by atoms with Gasteiger partial charge in [-0.15, -0.1) is 5.75 Å². The fraction of sp³-hybridized carbons (Fsp3) is 0.520. The second-order valence-corrected chi connectivity index (χ2v) is 18.9. The van der Waals surface area contributed by atoms with E-state index in [0.717, 1.165) is 38.5 Å². The predicted octanol–water partition coefficient (Wildman–Crippen LogP) is 13.2. The molecule has 0 aliphatic carbocycles. The molecule has 0 spiro atoms. The van der Waals surface area contributed by atoms with Crippen LogP contribution >= 0.6 is 0 Å². The van der Waals surface area contributed by atoms with E-state index >= 15 is 0 Å². The summed E-state index contributed by atoms with van der Waals surface area (Å²) in [6.07, 6.45) is 27.4. The van der Waals surface area contributed by atoms with Gasteiger partial charge in [0.25, 0.3) is 10.1 Å². The van der Waals surface area contributed by atoms with Crippen molar-refractivity contribution in [3.63, 3.8) is 0 Å². The molecule has 0 unspecified atom stereocenters.